The number of hydrogen-bond donors (Lipinski definition) is 1. The zero-order valence-corrected chi connectivity index (χ0v) is 14.3. The molecule has 0 fully saturated rings. The van der Waals surface area contributed by atoms with E-state index in [2.05, 4.69) is 4.74 Å². The van der Waals surface area contributed by atoms with Crippen LogP contribution in [0.3, 0.4) is 0 Å². The lowest BCUT2D eigenvalue weighted by Gasteiger charge is -2.10. The van der Waals surface area contributed by atoms with E-state index in [4.69, 9.17) is 0 Å². The average molecular weight is 356 g/mol. The van der Waals surface area contributed by atoms with Crippen molar-refractivity contribution >= 4 is 26.6 Å². The van der Waals surface area contributed by atoms with Gasteiger partial charge in [-0.1, -0.05) is 42.5 Å². The van der Waals surface area contributed by atoms with Crippen LogP contribution in [-0.2, 0) is 20.3 Å². The number of methoxy groups -OCH3 is 1. The van der Waals surface area contributed by atoms with Gasteiger partial charge >= 0.3 is 5.97 Å². The van der Waals surface area contributed by atoms with E-state index in [1.807, 2.05) is 30.3 Å². The molecule has 0 aliphatic heterocycles. The van der Waals surface area contributed by atoms with Crippen LogP contribution in [0.15, 0.2) is 65.6 Å². The normalized spacial score (nSPS) is 11.4. The van der Waals surface area contributed by atoms with Crippen molar-refractivity contribution in [3.05, 3.63) is 71.8 Å². The standard InChI is InChI=1S/C19H16O5S/c1-24-19(21)14-9-10-17(20)18(11-14)25(22,23)12-15-7-4-6-13-5-2-3-8-16(13)15/h2-11,20H,12H2,1H3. The fraction of sp³-hybridized carbons (Fsp3) is 0.105. The van der Waals surface area contributed by atoms with Gasteiger partial charge in [-0.3, -0.25) is 0 Å². The molecule has 5 nitrogen and oxygen atoms in total. The van der Waals surface area contributed by atoms with Gasteiger partial charge in [0.05, 0.1) is 18.4 Å². The molecule has 0 atom stereocenters. The lowest BCUT2D eigenvalue weighted by molar-refractivity contribution is 0.0600. The van der Waals surface area contributed by atoms with E-state index in [0.717, 1.165) is 16.8 Å². The van der Waals surface area contributed by atoms with Crippen molar-refractivity contribution in [3.8, 4) is 5.75 Å². The number of phenols is 1. The summed E-state index contributed by atoms with van der Waals surface area (Å²) < 4.78 is 30.2. The number of phenolic OH excluding ortho intramolecular Hbond substituents is 1. The highest BCUT2D eigenvalue weighted by atomic mass is 32.2. The van der Waals surface area contributed by atoms with Gasteiger partial charge in [0, 0.05) is 0 Å². The summed E-state index contributed by atoms with van der Waals surface area (Å²) >= 11 is 0. The lowest BCUT2D eigenvalue weighted by atomic mass is 10.1. The molecule has 0 saturated carbocycles. The topological polar surface area (TPSA) is 80.7 Å². The van der Waals surface area contributed by atoms with Crippen molar-refractivity contribution in [2.75, 3.05) is 7.11 Å². The minimum atomic E-state index is -3.86. The third kappa shape index (κ3) is 3.34. The summed E-state index contributed by atoms with van der Waals surface area (Å²) in [5, 5.41) is 11.7. The van der Waals surface area contributed by atoms with Crippen LogP contribution in [0.25, 0.3) is 10.8 Å². The summed E-state index contributed by atoms with van der Waals surface area (Å²) in [4.78, 5) is 11.3. The zero-order valence-electron chi connectivity index (χ0n) is 13.5. The molecule has 0 bridgehead atoms. The Kier molecular flexibility index (Phi) is 4.46. The number of carbonyl (C=O) groups is 1. The van der Waals surface area contributed by atoms with Gasteiger partial charge in [-0.2, -0.15) is 0 Å². The van der Waals surface area contributed by atoms with Gasteiger partial charge in [-0.25, -0.2) is 13.2 Å². The highest BCUT2D eigenvalue weighted by Gasteiger charge is 2.22. The fourth-order valence-corrected chi connectivity index (χ4v) is 4.22. The number of rotatable bonds is 4. The van der Waals surface area contributed by atoms with Gasteiger partial charge in [-0.15, -0.1) is 0 Å². The van der Waals surface area contributed by atoms with E-state index in [-0.39, 0.29) is 16.2 Å². The van der Waals surface area contributed by atoms with E-state index in [1.54, 1.807) is 12.1 Å². The van der Waals surface area contributed by atoms with E-state index < -0.39 is 21.6 Å². The van der Waals surface area contributed by atoms with Crippen molar-refractivity contribution < 1.29 is 23.1 Å². The van der Waals surface area contributed by atoms with Gasteiger partial charge in [0.15, 0.2) is 9.84 Å². The molecular weight excluding hydrogens is 340 g/mol. The molecule has 0 aliphatic carbocycles. The maximum absolute atomic E-state index is 12.8. The molecule has 0 saturated heterocycles. The Hall–Kier alpha value is -2.86. The van der Waals surface area contributed by atoms with E-state index in [9.17, 15) is 18.3 Å². The van der Waals surface area contributed by atoms with Gasteiger partial charge in [-0.05, 0) is 34.5 Å². The van der Waals surface area contributed by atoms with Crippen molar-refractivity contribution in [2.24, 2.45) is 0 Å². The quantitative estimate of drug-likeness (QED) is 0.726. The minimum absolute atomic E-state index is 0.0665. The molecule has 1 N–H and O–H groups in total. The number of hydrogen-bond acceptors (Lipinski definition) is 5. The van der Waals surface area contributed by atoms with Gasteiger partial charge < -0.3 is 9.84 Å². The summed E-state index contributed by atoms with van der Waals surface area (Å²) in [5.41, 5.74) is 0.692. The zero-order chi connectivity index (χ0) is 18.0. The van der Waals surface area contributed by atoms with Crippen LogP contribution in [0.4, 0.5) is 0 Å². The maximum atomic E-state index is 12.8. The predicted octanol–water partition coefficient (Wildman–Crippen LogP) is 3.31. The molecule has 0 radical (unpaired) electrons. The Balaban J connectivity index is 2.06. The summed E-state index contributed by atoms with van der Waals surface area (Å²) in [6.45, 7) is 0. The molecule has 25 heavy (non-hydrogen) atoms. The number of sulfone groups is 1. The second kappa shape index (κ2) is 6.57. The molecule has 0 spiro atoms. The van der Waals surface area contributed by atoms with Crippen LogP contribution < -0.4 is 0 Å². The molecule has 0 heterocycles. The molecule has 3 aromatic carbocycles. The highest BCUT2D eigenvalue weighted by molar-refractivity contribution is 7.90. The van der Waals surface area contributed by atoms with Crippen LogP contribution in [0.1, 0.15) is 15.9 Å². The summed E-state index contributed by atoms with van der Waals surface area (Å²) in [5.74, 6) is -1.35. The Morgan fingerprint density at radius 3 is 2.52 bits per heavy atom. The first-order valence-corrected chi connectivity index (χ1v) is 9.18. The van der Waals surface area contributed by atoms with Gasteiger partial charge in [0.1, 0.15) is 10.6 Å². The molecule has 0 amide bonds. The summed E-state index contributed by atoms with van der Waals surface area (Å²) in [6, 6.07) is 16.5. The van der Waals surface area contributed by atoms with E-state index in [1.165, 1.54) is 19.2 Å². The molecule has 0 aromatic heterocycles. The summed E-state index contributed by atoms with van der Waals surface area (Å²) in [7, 11) is -2.65. The average Bonchev–Trinajstić information content (AvgIpc) is 2.61. The minimum Gasteiger partial charge on any atom is -0.507 e. The Bertz CT molecular complexity index is 1050. The number of ether oxygens (including phenoxy) is 1. The predicted molar refractivity (Wildman–Crippen MR) is 94.3 cm³/mol. The van der Waals surface area contributed by atoms with Crippen LogP contribution in [-0.4, -0.2) is 26.6 Å². The first-order valence-electron chi connectivity index (χ1n) is 7.53. The van der Waals surface area contributed by atoms with Crippen LogP contribution in [0, 0.1) is 0 Å². The SMILES string of the molecule is COC(=O)c1ccc(O)c(S(=O)(=O)Cc2cccc3ccccc23)c1. The van der Waals surface area contributed by atoms with Crippen LogP contribution in [0.5, 0.6) is 5.75 Å². The van der Waals surface area contributed by atoms with Gasteiger partial charge in [0.2, 0.25) is 0 Å². The van der Waals surface area contributed by atoms with Crippen molar-refractivity contribution in [2.45, 2.75) is 10.6 Å². The smallest absolute Gasteiger partial charge is 0.337 e. The van der Waals surface area contributed by atoms with Crippen LogP contribution in [0.2, 0.25) is 0 Å². The molecule has 6 heteroatoms. The number of carbonyl (C=O) groups excluding carboxylic acids is 1. The Labute approximate surface area is 145 Å². The van der Waals surface area contributed by atoms with Crippen molar-refractivity contribution in [1.82, 2.24) is 0 Å². The third-order valence-electron chi connectivity index (χ3n) is 3.94. The maximum Gasteiger partial charge on any atom is 0.337 e. The molecule has 0 unspecified atom stereocenters. The van der Waals surface area contributed by atoms with Gasteiger partial charge in [0.25, 0.3) is 0 Å². The molecule has 128 valence electrons. The van der Waals surface area contributed by atoms with E-state index >= 15 is 0 Å². The second-order valence-electron chi connectivity index (χ2n) is 5.57. The monoisotopic (exact) mass is 356 g/mol. The molecule has 0 aliphatic rings. The molecule has 3 rings (SSSR count). The Morgan fingerprint density at radius 2 is 1.76 bits per heavy atom. The van der Waals surface area contributed by atoms with Crippen LogP contribution >= 0.6 is 0 Å². The largest absolute Gasteiger partial charge is 0.507 e. The lowest BCUT2D eigenvalue weighted by Crippen LogP contribution is -2.08. The fourth-order valence-electron chi connectivity index (χ4n) is 2.71. The number of aromatic hydroxyl groups is 1. The third-order valence-corrected chi connectivity index (χ3v) is 5.63. The van der Waals surface area contributed by atoms with Crippen molar-refractivity contribution in [3.63, 3.8) is 0 Å². The summed E-state index contributed by atoms with van der Waals surface area (Å²) in [6.07, 6.45) is 0. The van der Waals surface area contributed by atoms with E-state index in [0.29, 0.717) is 5.56 Å². The Morgan fingerprint density at radius 1 is 1.04 bits per heavy atom. The molecular formula is C19H16O5S. The first-order chi connectivity index (χ1) is 11.9. The molecule has 3 aromatic rings. The first kappa shape index (κ1) is 17.0. The highest BCUT2D eigenvalue weighted by Crippen LogP contribution is 2.29. The van der Waals surface area contributed by atoms with Crippen molar-refractivity contribution in [1.29, 1.82) is 0 Å². The second-order valence-corrected chi connectivity index (χ2v) is 7.53. The number of fused-ring (bicyclic) bond motifs is 1. The number of esters is 1. The number of benzene rings is 3.